The van der Waals surface area contributed by atoms with Gasteiger partial charge in [-0.05, 0) is 50.3 Å². The van der Waals surface area contributed by atoms with E-state index in [1.807, 2.05) is 0 Å². The maximum Gasteiger partial charge on any atom is 0.263 e. The molecule has 37 heavy (non-hydrogen) atoms. The van der Waals surface area contributed by atoms with Crippen molar-refractivity contribution in [2.45, 2.75) is 57.7 Å². The Balaban J connectivity index is 1.46. The van der Waals surface area contributed by atoms with Gasteiger partial charge in [0.2, 0.25) is 11.7 Å². The Kier molecular flexibility index (Phi) is 6.19. The molecule has 1 fully saturated rings. The number of ether oxygens (including phenoxy) is 1. The zero-order valence-electron chi connectivity index (χ0n) is 20.1. The van der Waals surface area contributed by atoms with Crippen molar-refractivity contribution in [1.82, 2.24) is 10.3 Å². The number of allylic oxidation sites excluding steroid dienone is 1. The average molecular weight is 529 g/mol. The lowest BCUT2D eigenvalue weighted by Crippen LogP contribution is -2.50. The first kappa shape index (κ1) is 25.2. The average Bonchev–Trinajstić information content (AvgIpc) is 3.65. The van der Waals surface area contributed by atoms with Gasteiger partial charge >= 0.3 is 0 Å². The highest BCUT2D eigenvalue weighted by molar-refractivity contribution is 8.03. The number of primary amides is 1. The smallest absolute Gasteiger partial charge is 0.263 e. The van der Waals surface area contributed by atoms with Crippen LogP contribution in [0.3, 0.4) is 0 Å². The van der Waals surface area contributed by atoms with E-state index in [1.54, 1.807) is 0 Å². The highest BCUT2D eigenvalue weighted by atomic mass is 32.2. The van der Waals surface area contributed by atoms with Crippen LogP contribution in [-0.2, 0) is 25.5 Å². The van der Waals surface area contributed by atoms with Crippen LogP contribution >= 0.6 is 11.9 Å². The lowest BCUT2D eigenvalue weighted by atomic mass is 9.96. The quantitative estimate of drug-likeness (QED) is 0.314. The molecule has 3 aliphatic rings. The summed E-state index contributed by atoms with van der Waals surface area (Å²) in [5, 5.41) is 14.0. The van der Waals surface area contributed by atoms with Crippen molar-refractivity contribution in [1.29, 1.82) is 0 Å². The Bertz CT molecular complexity index is 1490. The van der Waals surface area contributed by atoms with E-state index >= 15 is 0 Å². The molecule has 2 aliphatic carbocycles. The Morgan fingerprint density at radius 1 is 1.30 bits per heavy atom. The number of aromatic amines is 1. The van der Waals surface area contributed by atoms with E-state index in [2.05, 4.69) is 14.7 Å². The van der Waals surface area contributed by atoms with Crippen molar-refractivity contribution in [2.24, 2.45) is 16.0 Å². The van der Waals surface area contributed by atoms with E-state index in [1.165, 1.54) is 19.9 Å². The van der Waals surface area contributed by atoms with Gasteiger partial charge in [0.25, 0.3) is 5.56 Å². The van der Waals surface area contributed by atoms with E-state index in [-0.39, 0.29) is 33.8 Å². The topological polar surface area (TPSA) is 164 Å². The molecular formula is C25H25FN4O6S. The van der Waals surface area contributed by atoms with Gasteiger partial charge in [-0.1, -0.05) is 12.8 Å². The monoisotopic (exact) mass is 528 g/mol. The molecule has 1 unspecified atom stereocenters. The molecule has 0 saturated heterocycles. The number of amides is 1. The number of amidine groups is 1. The fraction of sp³-hybridized carbons (Fsp3) is 0.400. The SMILES string of the molecule is CC(C)(OC1C(=O)CC2=C(SN=C(c3c(O)c4cc(F)cc(CCC5CC5)c4[nH]c3=O)N2)C1=O)C(N)=O. The number of hydrogen-bond acceptors (Lipinski definition) is 9. The van der Waals surface area contributed by atoms with Crippen LogP contribution in [0.1, 0.15) is 50.7 Å². The first-order chi connectivity index (χ1) is 17.5. The van der Waals surface area contributed by atoms with Crippen molar-refractivity contribution in [2.75, 3.05) is 0 Å². The molecule has 1 aliphatic heterocycles. The van der Waals surface area contributed by atoms with Crippen molar-refractivity contribution < 1.29 is 28.6 Å². The van der Waals surface area contributed by atoms with Crippen LogP contribution in [0.25, 0.3) is 10.9 Å². The number of nitrogens with one attached hydrogen (secondary N) is 2. The Hall–Kier alpha value is -3.51. The number of rotatable bonds is 7. The van der Waals surface area contributed by atoms with E-state index < -0.39 is 46.3 Å². The number of nitrogens with zero attached hydrogens (tertiary/aromatic N) is 1. The van der Waals surface area contributed by atoms with E-state index in [4.69, 9.17) is 10.5 Å². The van der Waals surface area contributed by atoms with E-state index in [0.717, 1.165) is 25.3 Å². The second-order valence-corrected chi connectivity index (χ2v) is 10.8. The normalized spacial score (nSPS) is 20.1. The number of aromatic hydroxyl groups is 1. The summed E-state index contributed by atoms with van der Waals surface area (Å²) in [7, 11) is 0. The van der Waals surface area contributed by atoms with Crippen LogP contribution in [0.5, 0.6) is 5.75 Å². The number of ketones is 2. The van der Waals surface area contributed by atoms with Crippen molar-refractivity contribution >= 4 is 46.2 Å². The zero-order valence-corrected chi connectivity index (χ0v) is 21.0. The Labute approximate surface area is 214 Å². The predicted molar refractivity (Wildman–Crippen MR) is 134 cm³/mol. The fourth-order valence-electron chi connectivity index (χ4n) is 4.40. The van der Waals surface area contributed by atoms with Crippen LogP contribution in [0.4, 0.5) is 4.39 Å². The molecule has 0 radical (unpaired) electrons. The van der Waals surface area contributed by atoms with Gasteiger partial charge in [0, 0.05) is 23.0 Å². The molecule has 0 bridgehead atoms. The number of halogens is 1. The maximum absolute atomic E-state index is 14.4. The molecular weight excluding hydrogens is 503 g/mol. The molecule has 5 rings (SSSR count). The summed E-state index contributed by atoms with van der Waals surface area (Å²) in [4.78, 5) is 53.2. The number of pyridine rings is 1. The molecule has 1 amide bonds. The summed E-state index contributed by atoms with van der Waals surface area (Å²) in [6.07, 6.45) is 1.93. The highest BCUT2D eigenvalue weighted by Crippen LogP contribution is 2.37. The molecule has 2 aromatic rings. The third kappa shape index (κ3) is 4.66. The van der Waals surface area contributed by atoms with Gasteiger partial charge in [0.1, 0.15) is 22.7 Å². The molecule has 1 aromatic heterocycles. The lowest BCUT2D eigenvalue weighted by molar-refractivity contribution is -0.159. The summed E-state index contributed by atoms with van der Waals surface area (Å²) >= 11 is 0.715. The number of hydrogen-bond donors (Lipinski definition) is 4. The van der Waals surface area contributed by atoms with Gasteiger partial charge < -0.3 is 25.9 Å². The molecule has 1 saturated carbocycles. The van der Waals surface area contributed by atoms with Crippen LogP contribution in [0.15, 0.2) is 31.9 Å². The van der Waals surface area contributed by atoms with Gasteiger partial charge in [0.05, 0.1) is 16.8 Å². The third-order valence-corrected chi connectivity index (χ3v) is 7.68. The summed E-state index contributed by atoms with van der Waals surface area (Å²) in [5.41, 5.74) is 4.00. The number of carbonyl (C=O) groups excluding carboxylic acids is 3. The molecule has 1 atom stereocenters. The lowest BCUT2D eigenvalue weighted by Gasteiger charge is -2.31. The van der Waals surface area contributed by atoms with Crippen molar-refractivity contribution in [3.63, 3.8) is 0 Å². The summed E-state index contributed by atoms with van der Waals surface area (Å²) < 4.78 is 24.0. The van der Waals surface area contributed by atoms with E-state index in [9.17, 15) is 28.7 Å². The molecule has 194 valence electrons. The largest absolute Gasteiger partial charge is 0.506 e. The van der Waals surface area contributed by atoms with Gasteiger partial charge in [-0.15, -0.1) is 0 Å². The number of nitrogens with two attached hydrogens (primary N) is 1. The minimum atomic E-state index is -1.55. The van der Waals surface area contributed by atoms with Gasteiger partial charge in [-0.3, -0.25) is 19.2 Å². The highest BCUT2D eigenvalue weighted by Gasteiger charge is 2.44. The summed E-state index contributed by atoms with van der Waals surface area (Å²) in [5.74, 6) is -2.61. The fourth-order valence-corrected chi connectivity index (χ4v) is 5.15. The van der Waals surface area contributed by atoms with Crippen molar-refractivity contribution in [3.05, 3.63) is 50.0 Å². The Morgan fingerprint density at radius 2 is 2.03 bits per heavy atom. The maximum atomic E-state index is 14.4. The van der Waals surface area contributed by atoms with Gasteiger partial charge in [0.15, 0.2) is 17.7 Å². The Morgan fingerprint density at radius 3 is 2.70 bits per heavy atom. The number of aryl methyl sites for hydroxylation is 1. The number of carbonyl (C=O) groups is 3. The second-order valence-electron chi connectivity index (χ2n) is 9.99. The third-order valence-electron chi connectivity index (χ3n) is 6.78. The second kappa shape index (κ2) is 9.10. The number of H-pyrrole nitrogens is 1. The van der Waals surface area contributed by atoms with Crippen LogP contribution < -0.4 is 16.6 Å². The summed E-state index contributed by atoms with van der Waals surface area (Å²) in [6.45, 7) is 2.72. The number of benzene rings is 1. The molecule has 0 spiro atoms. The van der Waals surface area contributed by atoms with Crippen LogP contribution in [0.2, 0.25) is 0 Å². The standard InChI is InChI=1S/C25H25FN4O6S/c1-25(2,24(27)35)36-20-15(31)9-14-21(19(20)33)37-30-22(28-14)16-18(32)13-8-12(26)7-11(6-5-10-3-4-10)17(13)29-23(16)34/h7-8,10,20H,3-6,9H2,1-2H3,(H2,27,35)(H,28,30)(H2,29,32,34). The van der Waals surface area contributed by atoms with Crippen LogP contribution in [-0.4, -0.2) is 45.1 Å². The van der Waals surface area contributed by atoms with Crippen molar-refractivity contribution in [3.8, 4) is 5.75 Å². The van der Waals surface area contributed by atoms with Gasteiger partial charge in [-0.25, -0.2) is 4.39 Å². The molecule has 10 nitrogen and oxygen atoms in total. The first-order valence-electron chi connectivity index (χ1n) is 11.8. The van der Waals surface area contributed by atoms with Gasteiger partial charge in [-0.2, -0.15) is 4.40 Å². The molecule has 5 N–H and O–H groups in total. The molecule has 12 heteroatoms. The van der Waals surface area contributed by atoms with E-state index in [0.29, 0.717) is 35.4 Å². The zero-order chi connectivity index (χ0) is 26.6. The molecule has 1 aromatic carbocycles. The number of fused-ring (bicyclic) bond motifs is 1. The molecule has 2 heterocycles. The van der Waals surface area contributed by atoms with Crippen LogP contribution in [0, 0.1) is 11.7 Å². The number of aromatic nitrogens is 1. The minimum absolute atomic E-state index is 0.0781. The summed E-state index contributed by atoms with van der Waals surface area (Å²) in [6, 6.07) is 2.50. The predicted octanol–water partition coefficient (Wildman–Crippen LogP) is 2.12. The minimum Gasteiger partial charge on any atom is -0.506 e. The first-order valence-corrected chi connectivity index (χ1v) is 12.6. The number of Topliss-reactive ketones (excluding diaryl/α,β-unsaturated/α-hetero) is 2.